The highest BCUT2D eigenvalue weighted by Gasteiger charge is 2.37. The summed E-state index contributed by atoms with van der Waals surface area (Å²) in [6.07, 6.45) is 3.73. The van der Waals surface area contributed by atoms with Crippen LogP contribution in [0.3, 0.4) is 0 Å². The van der Waals surface area contributed by atoms with Crippen molar-refractivity contribution in [2.24, 2.45) is 0 Å². The highest BCUT2D eigenvalue weighted by molar-refractivity contribution is 5.99. The first-order valence-electron chi connectivity index (χ1n) is 11.9. The van der Waals surface area contributed by atoms with Crippen LogP contribution < -0.4 is 10.6 Å². The number of pyridine rings is 1. The molecule has 0 saturated carbocycles. The molecule has 0 spiro atoms. The Kier molecular flexibility index (Phi) is 5.41. The minimum Gasteiger partial charge on any atom is -0.467 e. The summed E-state index contributed by atoms with van der Waals surface area (Å²) in [5, 5.41) is 8.18. The summed E-state index contributed by atoms with van der Waals surface area (Å²) >= 11 is 0. The first-order chi connectivity index (χ1) is 17.6. The Morgan fingerprint density at radius 1 is 1.14 bits per heavy atom. The van der Waals surface area contributed by atoms with Crippen LogP contribution in [-0.4, -0.2) is 39.8 Å². The van der Waals surface area contributed by atoms with E-state index >= 15 is 0 Å². The van der Waals surface area contributed by atoms with Gasteiger partial charge in [0.25, 0.3) is 5.91 Å². The number of likely N-dealkylation sites (N-methyl/N-ethyl adjacent to an activating group) is 1. The monoisotopic (exact) mass is 479 g/mol. The fraction of sp³-hybridized carbons (Fsp3) is 0.179. The molecule has 180 valence electrons. The van der Waals surface area contributed by atoms with Crippen molar-refractivity contribution in [3.63, 3.8) is 0 Å². The van der Waals surface area contributed by atoms with Gasteiger partial charge in [-0.3, -0.25) is 14.6 Å². The van der Waals surface area contributed by atoms with Crippen molar-refractivity contribution < 1.29 is 14.0 Å². The standard InChI is InChI=1S/C28H25N5O3/c1-29-27(34)25-14-21-19-6-2-3-7-23(19)32-24(21)16-33(25)28(35)20-10-12-36-26(20)15-31-18-8-9-22-17(13-18)5-4-11-30-22/h2-13,25,31-32H,14-16H2,1H3,(H,29,34). The average Bonchev–Trinajstić information content (AvgIpc) is 3.54. The van der Waals surface area contributed by atoms with Crippen molar-refractivity contribution >= 4 is 39.3 Å². The maximum atomic E-state index is 13.8. The zero-order chi connectivity index (χ0) is 24.6. The number of carbonyl (C=O) groups excluding carboxylic acids is 2. The number of furan rings is 1. The summed E-state index contributed by atoms with van der Waals surface area (Å²) in [6.45, 7) is 0.645. The number of amides is 2. The third kappa shape index (κ3) is 3.76. The number of para-hydroxylation sites is 1. The number of benzene rings is 2. The van der Waals surface area contributed by atoms with Gasteiger partial charge in [0, 0.05) is 47.3 Å². The molecule has 3 N–H and O–H groups in total. The zero-order valence-corrected chi connectivity index (χ0v) is 19.7. The molecule has 2 aromatic carbocycles. The van der Waals surface area contributed by atoms with Gasteiger partial charge in [-0.05, 0) is 42.0 Å². The summed E-state index contributed by atoms with van der Waals surface area (Å²) in [5.41, 5.74) is 5.30. The van der Waals surface area contributed by atoms with Crippen LogP contribution >= 0.6 is 0 Å². The fourth-order valence-electron chi connectivity index (χ4n) is 5.01. The molecule has 3 aromatic heterocycles. The van der Waals surface area contributed by atoms with Gasteiger partial charge >= 0.3 is 0 Å². The molecule has 1 aliphatic heterocycles. The van der Waals surface area contributed by atoms with Crippen molar-refractivity contribution in [1.29, 1.82) is 0 Å². The smallest absolute Gasteiger partial charge is 0.258 e. The second-order valence-corrected chi connectivity index (χ2v) is 8.92. The number of aromatic amines is 1. The lowest BCUT2D eigenvalue weighted by Gasteiger charge is -2.34. The summed E-state index contributed by atoms with van der Waals surface area (Å²) < 4.78 is 5.69. The number of hydrogen-bond acceptors (Lipinski definition) is 5. The number of fused-ring (bicyclic) bond motifs is 4. The lowest BCUT2D eigenvalue weighted by molar-refractivity contribution is -0.125. The van der Waals surface area contributed by atoms with Crippen LogP contribution in [0.5, 0.6) is 0 Å². The van der Waals surface area contributed by atoms with E-state index in [1.54, 1.807) is 24.2 Å². The van der Waals surface area contributed by atoms with Crippen LogP contribution in [0.1, 0.15) is 27.4 Å². The minimum atomic E-state index is -0.613. The Hall–Kier alpha value is -4.59. The van der Waals surface area contributed by atoms with Gasteiger partial charge in [-0.1, -0.05) is 24.3 Å². The molecule has 0 bridgehead atoms. The number of nitrogens with zero attached hydrogens (tertiary/aromatic N) is 2. The van der Waals surface area contributed by atoms with Crippen molar-refractivity contribution in [3.8, 4) is 0 Å². The minimum absolute atomic E-state index is 0.188. The molecular formula is C28H25N5O3. The Morgan fingerprint density at radius 3 is 2.92 bits per heavy atom. The molecule has 6 rings (SSSR count). The van der Waals surface area contributed by atoms with Gasteiger partial charge in [-0.25, -0.2) is 0 Å². The van der Waals surface area contributed by atoms with E-state index in [1.165, 1.54) is 6.26 Å². The highest BCUT2D eigenvalue weighted by atomic mass is 16.3. The number of aromatic nitrogens is 2. The average molecular weight is 480 g/mol. The lowest BCUT2D eigenvalue weighted by atomic mass is 9.95. The third-order valence-electron chi connectivity index (χ3n) is 6.85. The molecular weight excluding hydrogens is 454 g/mol. The first kappa shape index (κ1) is 21.9. The van der Waals surface area contributed by atoms with E-state index < -0.39 is 6.04 Å². The van der Waals surface area contributed by atoms with E-state index in [2.05, 4.69) is 20.6 Å². The summed E-state index contributed by atoms with van der Waals surface area (Å²) in [6, 6.07) is 18.9. The Balaban J connectivity index is 1.27. The maximum absolute atomic E-state index is 13.8. The van der Waals surface area contributed by atoms with Crippen molar-refractivity contribution in [2.45, 2.75) is 25.6 Å². The number of anilines is 1. The Labute approximate surface area is 207 Å². The summed E-state index contributed by atoms with van der Waals surface area (Å²) in [4.78, 5) is 36.0. The van der Waals surface area contributed by atoms with Gasteiger partial charge in [0.15, 0.2) is 0 Å². The molecule has 1 aliphatic rings. The molecule has 0 aliphatic carbocycles. The van der Waals surface area contributed by atoms with Crippen molar-refractivity contribution in [2.75, 3.05) is 12.4 Å². The van der Waals surface area contributed by atoms with Crippen LogP contribution in [0, 0.1) is 0 Å². The number of hydrogen-bond donors (Lipinski definition) is 3. The second kappa shape index (κ2) is 8.88. The molecule has 8 heteroatoms. The van der Waals surface area contributed by atoms with Gasteiger partial charge in [-0.2, -0.15) is 0 Å². The van der Waals surface area contributed by atoms with Crippen LogP contribution in [0.2, 0.25) is 0 Å². The molecule has 36 heavy (non-hydrogen) atoms. The fourth-order valence-corrected chi connectivity index (χ4v) is 5.01. The quantitative estimate of drug-likeness (QED) is 0.350. The number of rotatable bonds is 5. The zero-order valence-electron chi connectivity index (χ0n) is 19.7. The van der Waals surface area contributed by atoms with Crippen LogP contribution in [-0.2, 0) is 24.3 Å². The molecule has 8 nitrogen and oxygen atoms in total. The third-order valence-corrected chi connectivity index (χ3v) is 6.85. The van der Waals surface area contributed by atoms with Crippen molar-refractivity contribution in [3.05, 3.63) is 95.7 Å². The van der Waals surface area contributed by atoms with E-state index in [0.29, 0.717) is 30.8 Å². The molecule has 0 saturated heterocycles. The second-order valence-electron chi connectivity index (χ2n) is 8.92. The van der Waals surface area contributed by atoms with Crippen LogP contribution in [0.25, 0.3) is 21.8 Å². The number of carbonyl (C=O) groups is 2. The van der Waals surface area contributed by atoms with Gasteiger partial charge < -0.3 is 24.9 Å². The molecule has 0 fully saturated rings. The van der Waals surface area contributed by atoms with E-state index in [1.807, 2.05) is 54.6 Å². The van der Waals surface area contributed by atoms with E-state index in [-0.39, 0.29) is 11.8 Å². The number of H-pyrrole nitrogens is 1. The van der Waals surface area contributed by atoms with Crippen LogP contribution in [0.4, 0.5) is 5.69 Å². The molecule has 0 radical (unpaired) electrons. The van der Waals surface area contributed by atoms with E-state index in [0.717, 1.165) is 38.8 Å². The predicted molar refractivity (Wildman–Crippen MR) is 138 cm³/mol. The SMILES string of the molecule is CNC(=O)C1Cc2c([nH]c3ccccc23)CN1C(=O)c1ccoc1CNc1ccc2ncccc2c1. The molecule has 2 amide bonds. The van der Waals surface area contributed by atoms with Gasteiger partial charge in [-0.15, -0.1) is 0 Å². The molecule has 4 heterocycles. The molecule has 1 unspecified atom stereocenters. The highest BCUT2D eigenvalue weighted by Crippen LogP contribution is 2.32. The normalized spacial score (nSPS) is 15.1. The predicted octanol–water partition coefficient (Wildman–Crippen LogP) is 4.23. The van der Waals surface area contributed by atoms with E-state index in [9.17, 15) is 9.59 Å². The maximum Gasteiger partial charge on any atom is 0.258 e. The topological polar surface area (TPSA) is 103 Å². The number of nitrogens with one attached hydrogen (secondary N) is 3. The van der Waals surface area contributed by atoms with Gasteiger partial charge in [0.1, 0.15) is 11.8 Å². The van der Waals surface area contributed by atoms with E-state index in [4.69, 9.17) is 4.42 Å². The summed E-state index contributed by atoms with van der Waals surface area (Å²) in [5.74, 6) is 0.0952. The van der Waals surface area contributed by atoms with Gasteiger partial charge in [0.2, 0.25) is 5.91 Å². The Morgan fingerprint density at radius 2 is 2.03 bits per heavy atom. The largest absolute Gasteiger partial charge is 0.467 e. The van der Waals surface area contributed by atoms with Gasteiger partial charge in [0.05, 0.1) is 30.4 Å². The van der Waals surface area contributed by atoms with Crippen molar-refractivity contribution in [1.82, 2.24) is 20.2 Å². The van der Waals surface area contributed by atoms with Crippen LogP contribution in [0.15, 0.2) is 77.5 Å². The Bertz CT molecular complexity index is 1600. The lowest BCUT2D eigenvalue weighted by Crippen LogP contribution is -2.52. The molecule has 1 atom stereocenters. The molecule has 5 aromatic rings. The first-order valence-corrected chi connectivity index (χ1v) is 11.9. The summed E-state index contributed by atoms with van der Waals surface area (Å²) in [7, 11) is 1.60.